The summed E-state index contributed by atoms with van der Waals surface area (Å²) in [4.78, 5) is 18.2. The number of carbonyl (C=O) groups excluding carboxylic acids is 1. The first kappa shape index (κ1) is 16.3. The molecular formula is C16H19ClN4OS. The van der Waals surface area contributed by atoms with Gasteiger partial charge in [0.25, 0.3) is 0 Å². The molecule has 3 rings (SSSR count). The van der Waals surface area contributed by atoms with Crippen LogP contribution in [0, 0.1) is 5.92 Å². The summed E-state index contributed by atoms with van der Waals surface area (Å²) in [5.41, 5.74) is 1.46. The molecule has 23 heavy (non-hydrogen) atoms. The number of anilines is 1. The number of thioether (sulfide) groups is 1. The Morgan fingerprint density at radius 3 is 3.00 bits per heavy atom. The molecule has 5 nitrogen and oxygen atoms in total. The molecule has 0 saturated heterocycles. The third-order valence-corrected chi connectivity index (χ3v) is 5.17. The van der Waals surface area contributed by atoms with Gasteiger partial charge in [0, 0.05) is 12.7 Å². The molecule has 2 heterocycles. The minimum absolute atomic E-state index is 0.0748. The average molecular weight is 351 g/mol. The van der Waals surface area contributed by atoms with Crippen LogP contribution < -0.4 is 4.90 Å². The highest BCUT2D eigenvalue weighted by molar-refractivity contribution is 7.99. The average Bonchev–Trinajstić information content (AvgIpc) is 3.31. The number of halogens is 1. The van der Waals surface area contributed by atoms with Gasteiger partial charge in [-0.3, -0.25) is 9.78 Å². The van der Waals surface area contributed by atoms with E-state index in [9.17, 15) is 4.79 Å². The number of carbonyl (C=O) groups is 1. The molecule has 0 radical (unpaired) electrons. The lowest BCUT2D eigenvalue weighted by atomic mass is 10.4. The van der Waals surface area contributed by atoms with E-state index >= 15 is 0 Å². The summed E-state index contributed by atoms with van der Waals surface area (Å²) in [5.74, 6) is 2.45. The highest BCUT2D eigenvalue weighted by Crippen LogP contribution is 2.33. The van der Waals surface area contributed by atoms with Gasteiger partial charge in [0.15, 0.2) is 5.15 Å². The van der Waals surface area contributed by atoms with Crippen LogP contribution >= 0.6 is 23.4 Å². The summed E-state index contributed by atoms with van der Waals surface area (Å²) in [7, 11) is 0. The van der Waals surface area contributed by atoms with E-state index in [-0.39, 0.29) is 5.91 Å². The van der Waals surface area contributed by atoms with Gasteiger partial charge in [0.2, 0.25) is 5.91 Å². The molecule has 7 heteroatoms. The van der Waals surface area contributed by atoms with Crippen LogP contribution in [-0.2, 0) is 4.79 Å². The van der Waals surface area contributed by atoms with E-state index in [1.54, 1.807) is 39.9 Å². The molecule has 2 aromatic rings. The molecule has 0 N–H and O–H groups in total. The Kier molecular flexibility index (Phi) is 5.23. The van der Waals surface area contributed by atoms with Gasteiger partial charge in [-0.1, -0.05) is 11.6 Å². The van der Waals surface area contributed by atoms with Crippen LogP contribution in [0.15, 0.2) is 30.7 Å². The minimum atomic E-state index is 0.0748. The van der Waals surface area contributed by atoms with Gasteiger partial charge in [0.1, 0.15) is 5.69 Å². The maximum absolute atomic E-state index is 12.5. The van der Waals surface area contributed by atoms with Gasteiger partial charge in [-0.2, -0.15) is 16.9 Å². The summed E-state index contributed by atoms with van der Waals surface area (Å²) in [6.07, 6.45) is 7.81. The number of amides is 1. The van der Waals surface area contributed by atoms with E-state index < -0.39 is 0 Å². The highest BCUT2D eigenvalue weighted by atomic mass is 35.5. The van der Waals surface area contributed by atoms with E-state index in [2.05, 4.69) is 10.1 Å². The first-order valence-electron chi connectivity index (χ1n) is 7.72. The van der Waals surface area contributed by atoms with Gasteiger partial charge in [0.05, 0.1) is 23.8 Å². The van der Waals surface area contributed by atoms with Crippen molar-refractivity contribution < 1.29 is 4.79 Å². The normalized spacial score (nSPS) is 14.0. The number of hydrogen-bond donors (Lipinski definition) is 0. The molecule has 1 aliphatic carbocycles. The fraction of sp³-hybridized carbons (Fsp3) is 0.438. The first-order chi connectivity index (χ1) is 11.2. The third kappa shape index (κ3) is 4.06. The van der Waals surface area contributed by atoms with Crippen LogP contribution in [0.5, 0.6) is 0 Å². The predicted octanol–water partition coefficient (Wildman–Crippen LogP) is 3.42. The van der Waals surface area contributed by atoms with Crippen molar-refractivity contribution in [2.24, 2.45) is 5.92 Å². The lowest BCUT2D eigenvalue weighted by Crippen LogP contribution is -2.32. The minimum Gasteiger partial charge on any atom is -0.308 e. The van der Waals surface area contributed by atoms with Crippen LogP contribution in [0.25, 0.3) is 5.69 Å². The molecule has 0 bridgehead atoms. The molecule has 122 valence electrons. The van der Waals surface area contributed by atoms with Crippen molar-refractivity contribution in [3.8, 4) is 5.69 Å². The summed E-state index contributed by atoms with van der Waals surface area (Å²) < 4.78 is 1.65. The van der Waals surface area contributed by atoms with E-state index in [1.165, 1.54) is 12.8 Å². The summed E-state index contributed by atoms with van der Waals surface area (Å²) in [6, 6.07) is 3.73. The molecule has 1 amide bonds. The van der Waals surface area contributed by atoms with E-state index in [1.807, 2.05) is 19.1 Å². The molecule has 0 aliphatic heterocycles. The SMILES string of the molecule is CCN(C(=O)CSCC1CC1)c1cn(-c2cccnc2)nc1Cl. The fourth-order valence-corrected chi connectivity index (χ4v) is 3.65. The van der Waals surface area contributed by atoms with Gasteiger partial charge in [-0.15, -0.1) is 0 Å². The maximum Gasteiger partial charge on any atom is 0.237 e. The summed E-state index contributed by atoms with van der Waals surface area (Å²) in [5, 5.41) is 4.62. The van der Waals surface area contributed by atoms with Gasteiger partial charge < -0.3 is 4.90 Å². The van der Waals surface area contributed by atoms with E-state index in [0.717, 1.165) is 17.4 Å². The molecule has 0 spiro atoms. The van der Waals surface area contributed by atoms with Crippen molar-refractivity contribution in [1.29, 1.82) is 0 Å². The molecule has 1 aliphatic rings. The summed E-state index contributed by atoms with van der Waals surface area (Å²) >= 11 is 7.96. The van der Waals surface area contributed by atoms with Crippen LogP contribution in [0.2, 0.25) is 5.15 Å². The van der Waals surface area contributed by atoms with Crippen LogP contribution in [0.3, 0.4) is 0 Å². The predicted molar refractivity (Wildman–Crippen MR) is 94.4 cm³/mol. The maximum atomic E-state index is 12.5. The third-order valence-electron chi connectivity index (χ3n) is 3.75. The highest BCUT2D eigenvalue weighted by Gasteiger charge is 2.23. The largest absolute Gasteiger partial charge is 0.308 e. The Hall–Kier alpha value is -1.53. The molecule has 0 unspecified atom stereocenters. The molecular weight excluding hydrogens is 332 g/mol. The van der Waals surface area contributed by atoms with Gasteiger partial charge in [-0.05, 0) is 43.6 Å². The lowest BCUT2D eigenvalue weighted by molar-refractivity contribution is -0.116. The van der Waals surface area contributed by atoms with Crippen LogP contribution in [-0.4, -0.2) is 38.7 Å². The lowest BCUT2D eigenvalue weighted by Gasteiger charge is -2.19. The monoisotopic (exact) mass is 350 g/mol. The van der Waals surface area contributed by atoms with Gasteiger partial charge in [-0.25, -0.2) is 4.68 Å². The number of rotatable bonds is 7. The fourth-order valence-electron chi connectivity index (χ4n) is 2.30. The molecule has 1 saturated carbocycles. The van der Waals surface area contributed by atoms with Crippen molar-refractivity contribution in [3.05, 3.63) is 35.9 Å². The topological polar surface area (TPSA) is 51.0 Å². The van der Waals surface area contributed by atoms with Crippen LogP contribution in [0.4, 0.5) is 5.69 Å². The van der Waals surface area contributed by atoms with Crippen molar-refractivity contribution in [2.75, 3.05) is 23.0 Å². The zero-order chi connectivity index (χ0) is 16.2. The van der Waals surface area contributed by atoms with Crippen LogP contribution in [0.1, 0.15) is 19.8 Å². The molecule has 0 atom stereocenters. The Balaban J connectivity index is 1.72. The van der Waals surface area contributed by atoms with Crippen molar-refractivity contribution in [2.45, 2.75) is 19.8 Å². The number of aromatic nitrogens is 3. The van der Waals surface area contributed by atoms with E-state index in [4.69, 9.17) is 11.6 Å². The Bertz CT molecular complexity index is 672. The Morgan fingerprint density at radius 2 is 2.35 bits per heavy atom. The van der Waals surface area contributed by atoms with Gasteiger partial charge >= 0.3 is 0 Å². The second-order valence-corrected chi connectivity index (χ2v) is 6.95. The first-order valence-corrected chi connectivity index (χ1v) is 9.26. The number of hydrogen-bond acceptors (Lipinski definition) is 4. The quantitative estimate of drug-likeness (QED) is 0.767. The van der Waals surface area contributed by atoms with Crippen molar-refractivity contribution in [1.82, 2.24) is 14.8 Å². The Labute approximate surface area is 145 Å². The number of nitrogens with zero attached hydrogens (tertiary/aromatic N) is 4. The van der Waals surface area contributed by atoms with E-state index in [0.29, 0.717) is 23.1 Å². The zero-order valence-electron chi connectivity index (χ0n) is 13.0. The van der Waals surface area contributed by atoms with Crippen molar-refractivity contribution in [3.63, 3.8) is 0 Å². The molecule has 0 aromatic carbocycles. The Morgan fingerprint density at radius 1 is 1.52 bits per heavy atom. The smallest absolute Gasteiger partial charge is 0.237 e. The zero-order valence-corrected chi connectivity index (χ0v) is 14.6. The van der Waals surface area contributed by atoms with Crippen molar-refractivity contribution >= 4 is 35.0 Å². The second-order valence-electron chi connectivity index (χ2n) is 5.56. The standard InChI is InChI=1S/C16H19ClN4OS/c1-2-20(15(22)11-23-10-12-5-6-12)14-9-21(19-16(14)17)13-4-3-7-18-8-13/h3-4,7-9,12H,2,5-6,10-11H2,1H3. The second kappa shape index (κ2) is 7.36. The number of pyridine rings is 1. The molecule has 2 aromatic heterocycles. The molecule has 1 fully saturated rings. The summed E-state index contributed by atoms with van der Waals surface area (Å²) in [6.45, 7) is 2.52.